The van der Waals surface area contributed by atoms with Crippen LogP contribution in [0, 0.1) is 0 Å². The molecule has 5 nitrogen and oxygen atoms in total. The van der Waals surface area contributed by atoms with Crippen molar-refractivity contribution < 1.29 is 17.9 Å². The molecule has 0 amide bonds. The fourth-order valence-electron chi connectivity index (χ4n) is 1.79. The maximum Gasteiger partial charge on any atom is 0.238 e. The van der Waals surface area contributed by atoms with Gasteiger partial charge in [-0.2, -0.15) is 0 Å². The van der Waals surface area contributed by atoms with Crippen molar-refractivity contribution in [3.63, 3.8) is 0 Å². The molecule has 6 heteroatoms. The molecule has 0 saturated carbocycles. The van der Waals surface area contributed by atoms with Crippen LogP contribution in [-0.2, 0) is 19.6 Å². The maximum absolute atomic E-state index is 11.2. The van der Waals surface area contributed by atoms with Crippen LogP contribution < -0.4 is 5.14 Å². The number of sulfonamides is 1. The van der Waals surface area contributed by atoms with E-state index in [0.717, 1.165) is 0 Å². The molecule has 2 rings (SSSR count). The van der Waals surface area contributed by atoms with Crippen LogP contribution >= 0.6 is 0 Å². The summed E-state index contributed by atoms with van der Waals surface area (Å²) in [4.78, 5) is 11.2. The van der Waals surface area contributed by atoms with Gasteiger partial charge in [0.2, 0.25) is 10.0 Å². The van der Waals surface area contributed by atoms with Gasteiger partial charge in [0, 0.05) is 13.3 Å². The Kier molecular flexibility index (Phi) is 3.23. The number of benzene rings is 1. The van der Waals surface area contributed by atoms with Crippen LogP contribution in [0.15, 0.2) is 41.0 Å². The van der Waals surface area contributed by atoms with Gasteiger partial charge in [-0.15, -0.1) is 0 Å². The number of carbonyl (C=O) groups excluding carboxylic acids is 1. The highest BCUT2D eigenvalue weighted by Gasteiger charge is 2.23. The third kappa shape index (κ3) is 2.60. The van der Waals surface area contributed by atoms with Crippen molar-refractivity contribution in [1.82, 2.24) is 0 Å². The summed E-state index contributed by atoms with van der Waals surface area (Å²) in [6.07, 6.45) is 1.92. The maximum atomic E-state index is 11.2. The highest BCUT2D eigenvalue weighted by molar-refractivity contribution is 7.89. The quantitative estimate of drug-likeness (QED) is 0.893. The van der Waals surface area contributed by atoms with E-state index in [4.69, 9.17) is 9.88 Å². The highest BCUT2D eigenvalue weighted by Crippen LogP contribution is 2.31. The molecule has 0 spiro atoms. The number of rotatable bonds is 3. The van der Waals surface area contributed by atoms with Crippen molar-refractivity contribution in [2.24, 2.45) is 5.14 Å². The van der Waals surface area contributed by atoms with E-state index >= 15 is 0 Å². The lowest BCUT2D eigenvalue weighted by atomic mass is 10.1. The third-order valence-electron chi connectivity index (χ3n) is 2.69. The van der Waals surface area contributed by atoms with Crippen LogP contribution in [0.25, 0.3) is 0 Å². The second-order valence-corrected chi connectivity index (χ2v) is 5.65. The third-order valence-corrected chi connectivity index (χ3v) is 3.60. The van der Waals surface area contributed by atoms with Gasteiger partial charge in [-0.05, 0) is 23.8 Å². The molecule has 0 radical (unpaired) electrons. The van der Waals surface area contributed by atoms with Crippen LogP contribution in [-0.4, -0.2) is 14.2 Å². The molecule has 1 aromatic rings. The fourth-order valence-corrected chi connectivity index (χ4v) is 2.35. The van der Waals surface area contributed by atoms with Crippen LogP contribution in [0.3, 0.4) is 0 Å². The monoisotopic (exact) mass is 267 g/mol. The molecule has 1 aromatic carbocycles. The number of allylic oxidation sites excluding steroid dienone is 1. The topological polar surface area (TPSA) is 86.5 Å². The molecule has 1 atom stereocenters. The van der Waals surface area contributed by atoms with Gasteiger partial charge in [0.1, 0.15) is 6.10 Å². The molecule has 0 aromatic heterocycles. The van der Waals surface area contributed by atoms with Gasteiger partial charge < -0.3 is 4.74 Å². The summed E-state index contributed by atoms with van der Waals surface area (Å²) >= 11 is 0. The minimum absolute atomic E-state index is 0.0416. The minimum Gasteiger partial charge on any atom is -0.482 e. The average molecular weight is 267 g/mol. The standard InChI is InChI=1S/C12H13NO4S/c1-8(14)11-5-6-12(17-11)9-3-2-4-10(7-9)18(13,15)16/h2-5,7,12H,6H2,1H3,(H2,13,15,16). The normalized spacial score (nSPS) is 19.2. The Morgan fingerprint density at radius 2 is 2.17 bits per heavy atom. The Bertz CT molecular complexity index is 619. The van der Waals surface area contributed by atoms with E-state index in [1.807, 2.05) is 0 Å². The Hall–Kier alpha value is -1.66. The molecule has 96 valence electrons. The molecule has 1 unspecified atom stereocenters. The molecular weight excluding hydrogens is 254 g/mol. The van der Waals surface area contributed by atoms with Crippen molar-refractivity contribution in [2.45, 2.75) is 24.3 Å². The Morgan fingerprint density at radius 1 is 1.44 bits per heavy atom. The summed E-state index contributed by atoms with van der Waals surface area (Å²) in [5.41, 5.74) is 0.689. The highest BCUT2D eigenvalue weighted by atomic mass is 32.2. The summed E-state index contributed by atoms with van der Waals surface area (Å²) < 4.78 is 27.9. The first-order chi connectivity index (χ1) is 8.38. The first-order valence-electron chi connectivity index (χ1n) is 5.38. The molecule has 1 aliphatic heterocycles. The van der Waals surface area contributed by atoms with Crippen molar-refractivity contribution in [1.29, 1.82) is 0 Å². The summed E-state index contributed by atoms with van der Waals surface area (Å²) in [5.74, 6) is 0.182. The molecule has 18 heavy (non-hydrogen) atoms. The van der Waals surface area contributed by atoms with E-state index in [1.165, 1.54) is 19.1 Å². The molecular formula is C12H13NO4S. The van der Waals surface area contributed by atoms with Crippen LogP contribution in [0.5, 0.6) is 0 Å². The van der Waals surface area contributed by atoms with Crippen LogP contribution in [0.1, 0.15) is 25.0 Å². The lowest BCUT2D eigenvalue weighted by molar-refractivity contribution is -0.117. The Labute approximate surface area is 105 Å². The van der Waals surface area contributed by atoms with Crippen molar-refractivity contribution in [2.75, 3.05) is 0 Å². The zero-order chi connectivity index (χ0) is 13.3. The number of Topliss-reactive ketones (excluding diaryl/α,β-unsaturated/α-hetero) is 1. The zero-order valence-electron chi connectivity index (χ0n) is 9.79. The second-order valence-electron chi connectivity index (χ2n) is 4.08. The number of ether oxygens (including phenoxy) is 1. The molecule has 1 heterocycles. The second kappa shape index (κ2) is 4.55. The van der Waals surface area contributed by atoms with Gasteiger partial charge in [-0.25, -0.2) is 13.6 Å². The van der Waals surface area contributed by atoms with E-state index in [1.54, 1.807) is 18.2 Å². The number of hydrogen-bond donors (Lipinski definition) is 1. The number of hydrogen-bond acceptors (Lipinski definition) is 4. The van der Waals surface area contributed by atoms with Crippen molar-refractivity contribution in [3.05, 3.63) is 41.7 Å². The predicted molar refractivity (Wildman–Crippen MR) is 65.0 cm³/mol. The van der Waals surface area contributed by atoms with E-state index < -0.39 is 10.0 Å². The number of nitrogens with two attached hydrogens (primary N) is 1. The van der Waals surface area contributed by atoms with Gasteiger partial charge in [0.15, 0.2) is 11.5 Å². The van der Waals surface area contributed by atoms with Crippen molar-refractivity contribution in [3.8, 4) is 0 Å². The van der Waals surface area contributed by atoms with Crippen LogP contribution in [0.4, 0.5) is 0 Å². The summed E-state index contributed by atoms with van der Waals surface area (Å²) in [5, 5.41) is 5.06. The van der Waals surface area contributed by atoms with E-state index in [0.29, 0.717) is 17.7 Å². The average Bonchev–Trinajstić information content (AvgIpc) is 2.77. The van der Waals surface area contributed by atoms with Crippen molar-refractivity contribution >= 4 is 15.8 Å². The SMILES string of the molecule is CC(=O)C1=CCC(c2cccc(S(N)(=O)=O)c2)O1. The van der Waals surface area contributed by atoms with Crippen LogP contribution in [0.2, 0.25) is 0 Å². The van der Waals surface area contributed by atoms with E-state index in [-0.39, 0.29) is 16.8 Å². The molecule has 1 aliphatic rings. The number of primary sulfonamides is 1. The largest absolute Gasteiger partial charge is 0.482 e. The smallest absolute Gasteiger partial charge is 0.238 e. The van der Waals surface area contributed by atoms with Gasteiger partial charge in [0.05, 0.1) is 4.90 Å². The predicted octanol–water partition coefficient (Wildman–Crippen LogP) is 1.27. The zero-order valence-corrected chi connectivity index (χ0v) is 10.6. The molecule has 0 saturated heterocycles. The molecule has 0 fully saturated rings. The molecule has 0 aliphatic carbocycles. The van der Waals surface area contributed by atoms with E-state index in [2.05, 4.69) is 0 Å². The summed E-state index contributed by atoms with van der Waals surface area (Å²) in [6, 6.07) is 6.24. The first-order valence-corrected chi connectivity index (χ1v) is 6.93. The van der Waals surface area contributed by atoms with E-state index in [9.17, 15) is 13.2 Å². The lowest BCUT2D eigenvalue weighted by Gasteiger charge is -2.13. The number of carbonyl (C=O) groups is 1. The Balaban J connectivity index is 2.25. The van der Waals surface area contributed by atoms with Gasteiger partial charge in [-0.1, -0.05) is 12.1 Å². The summed E-state index contributed by atoms with van der Waals surface area (Å²) in [6.45, 7) is 1.43. The summed E-state index contributed by atoms with van der Waals surface area (Å²) in [7, 11) is -3.72. The van der Waals surface area contributed by atoms with Gasteiger partial charge in [-0.3, -0.25) is 4.79 Å². The molecule has 2 N–H and O–H groups in total. The van der Waals surface area contributed by atoms with Gasteiger partial charge >= 0.3 is 0 Å². The first kappa shape index (κ1) is 12.8. The minimum atomic E-state index is -3.72. The number of ketones is 1. The van der Waals surface area contributed by atoms with Gasteiger partial charge in [0.25, 0.3) is 0 Å². The fraction of sp³-hybridized carbons (Fsp3) is 0.250. The Morgan fingerprint density at radius 3 is 2.72 bits per heavy atom. The molecule has 0 bridgehead atoms. The lowest BCUT2D eigenvalue weighted by Crippen LogP contribution is -2.12.